The molecule has 1 fully saturated rings. The maximum absolute atomic E-state index is 14.7. The van der Waals surface area contributed by atoms with E-state index in [1.54, 1.807) is 24.3 Å². The van der Waals surface area contributed by atoms with Crippen molar-refractivity contribution in [2.75, 3.05) is 18.0 Å². The van der Waals surface area contributed by atoms with E-state index in [0.29, 0.717) is 11.5 Å². The first-order valence-corrected chi connectivity index (χ1v) is 9.52. The number of rotatable bonds is 3. The topological polar surface area (TPSA) is 58.4 Å². The van der Waals surface area contributed by atoms with E-state index in [-0.39, 0.29) is 11.9 Å². The molecule has 0 bridgehead atoms. The smallest absolute Gasteiger partial charge is 0.335 e. The minimum atomic E-state index is -0.914. The minimum absolute atomic E-state index is 0.00904. The number of fused-ring (bicyclic) bond motifs is 3. The maximum atomic E-state index is 14.7. The number of imidazole rings is 1. The SMILES string of the molecule is O=C(O)c1ccc(N2CCC(C3c4c(F)cccc4-c4cncn43)CC2)cc1. The largest absolute Gasteiger partial charge is 0.478 e. The summed E-state index contributed by atoms with van der Waals surface area (Å²) in [6.07, 6.45) is 5.52. The zero-order chi connectivity index (χ0) is 19.3. The average molecular weight is 377 g/mol. The van der Waals surface area contributed by atoms with Gasteiger partial charge in [-0.3, -0.25) is 0 Å². The number of hydrogen-bond acceptors (Lipinski definition) is 3. The number of carboxylic acid groups (broad SMARTS) is 1. The van der Waals surface area contributed by atoms with Crippen molar-refractivity contribution >= 4 is 11.7 Å². The van der Waals surface area contributed by atoms with Crippen molar-refractivity contribution in [3.8, 4) is 11.3 Å². The maximum Gasteiger partial charge on any atom is 0.335 e. The highest BCUT2D eigenvalue weighted by Crippen LogP contribution is 2.46. The molecule has 3 aromatic rings. The number of halogens is 1. The molecule has 0 saturated carbocycles. The Morgan fingerprint density at radius 1 is 1.11 bits per heavy atom. The second-order valence-electron chi connectivity index (χ2n) is 7.51. The standard InChI is InChI=1S/C22H20FN3O2/c23-18-3-1-2-17-19-12-24-13-26(19)21(20(17)18)14-8-10-25(11-9-14)16-6-4-15(5-7-16)22(27)28/h1-7,12-14,21H,8-11H2,(H,27,28). The van der Waals surface area contributed by atoms with Gasteiger partial charge in [0, 0.05) is 29.9 Å². The van der Waals surface area contributed by atoms with Crippen LogP contribution < -0.4 is 4.90 Å². The molecule has 6 heteroatoms. The number of carboxylic acids is 1. The first-order chi connectivity index (χ1) is 13.6. The Hall–Kier alpha value is -3.15. The zero-order valence-corrected chi connectivity index (χ0v) is 15.3. The number of benzene rings is 2. The highest BCUT2D eigenvalue weighted by molar-refractivity contribution is 5.88. The molecule has 0 amide bonds. The Bertz CT molecular complexity index is 1040. The highest BCUT2D eigenvalue weighted by Gasteiger charge is 2.37. The van der Waals surface area contributed by atoms with Crippen LogP contribution in [0.1, 0.15) is 34.8 Å². The molecule has 3 heterocycles. The van der Waals surface area contributed by atoms with E-state index in [2.05, 4.69) is 14.5 Å². The quantitative estimate of drug-likeness (QED) is 0.743. The number of piperidine rings is 1. The second-order valence-corrected chi connectivity index (χ2v) is 7.51. The predicted octanol–water partition coefficient (Wildman–Crippen LogP) is 4.21. The van der Waals surface area contributed by atoms with E-state index in [1.807, 2.05) is 30.7 Å². The number of hydrogen-bond donors (Lipinski definition) is 1. The van der Waals surface area contributed by atoms with Gasteiger partial charge < -0.3 is 14.6 Å². The summed E-state index contributed by atoms with van der Waals surface area (Å²) in [5.74, 6) is -0.721. The van der Waals surface area contributed by atoms with Gasteiger partial charge in [0.2, 0.25) is 0 Å². The predicted molar refractivity (Wildman–Crippen MR) is 104 cm³/mol. The van der Waals surface area contributed by atoms with Crippen molar-refractivity contribution in [1.29, 1.82) is 0 Å². The van der Waals surface area contributed by atoms with Crippen LogP contribution in [-0.4, -0.2) is 33.7 Å². The molecular formula is C22H20FN3O2. The molecule has 1 N–H and O–H groups in total. The summed E-state index contributed by atoms with van der Waals surface area (Å²) in [6, 6.07) is 12.3. The second kappa shape index (κ2) is 6.48. The first-order valence-electron chi connectivity index (χ1n) is 9.52. The summed E-state index contributed by atoms with van der Waals surface area (Å²) in [4.78, 5) is 17.6. The average Bonchev–Trinajstić information content (AvgIpc) is 3.30. The Morgan fingerprint density at radius 3 is 2.57 bits per heavy atom. The fraction of sp³-hybridized carbons (Fsp3) is 0.273. The number of carbonyl (C=O) groups is 1. The van der Waals surface area contributed by atoms with Gasteiger partial charge in [0.1, 0.15) is 5.82 Å². The van der Waals surface area contributed by atoms with Crippen LogP contribution in [0.4, 0.5) is 10.1 Å². The molecule has 28 heavy (non-hydrogen) atoms. The fourth-order valence-corrected chi connectivity index (χ4v) is 4.69. The number of aromatic carboxylic acids is 1. The van der Waals surface area contributed by atoms with Crippen molar-refractivity contribution in [3.05, 3.63) is 71.9 Å². The summed E-state index contributed by atoms with van der Waals surface area (Å²) in [7, 11) is 0. The van der Waals surface area contributed by atoms with Gasteiger partial charge in [-0.15, -0.1) is 0 Å². The van der Waals surface area contributed by atoms with E-state index in [0.717, 1.165) is 48.4 Å². The molecule has 142 valence electrons. The van der Waals surface area contributed by atoms with Gasteiger partial charge in [-0.1, -0.05) is 12.1 Å². The molecule has 2 aromatic carbocycles. The van der Waals surface area contributed by atoms with Crippen molar-refractivity contribution in [2.45, 2.75) is 18.9 Å². The third-order valence-electron chi connectivity index (χ3n) is 6.06. The minimum Gasteiger partial charge on any atom is -0.478 e. The van der Waals surface area contributed by atoms with Crippen molar-refractivity contribution in [1.82, 2.24) is 9.55 Å². The van der Waals surface area contributed by atoms with Gasteiger partial charge in [-0.2, -0.15) is 0 Å². The van der Waals surface area contributed by atoms with Crippen molar-refractivity contribution in [3.63, 3.8) is 0 Å². The Morgan fingerprint density at radius 2 is 1.86 bits per heavy atom. The van der Waals surface area contributed by atoms with Crippen molar-refractivity contribution in [2.24, 2.45) is 5.92 Å². The van der Waals surface area contributed by atoms with Crippen LogP contribution in [0.5, 0.6) is 0 Å². The van der Waals surface area contributed by atoms with Gasteiger partial charge in [0.05, 0.1) is 29.8 Å². The van der Waals surface area contributed by atoms with Crippen LogP contribution in [0.25, 0.3) is 11.3 Å². The summed E-state index contributed by atoms with van der Waals surface area (Å²) in [5.41, 5.74) is 4.07. The van der Waals surface area contributed by atoms with Gasteiger partial charge >= 0.3 is 5.97 Å². The van der Waals surface area contributed by atoms with Gasteiger partial charge in [0.15, 0.2) is 0 Å². The van der Waals surface area contributed by atoms with E-state index < -0.39 is 5.97 Å². The lowest BCUT2D eigenvalue weighted by Crippen LogP contribution is -2.36. The third kappa shape index (κ3) is 2.59. The van der Waals surface area contributed by atoms with Crippen LogP contribution >= 0.6 is 0 Å². The summed E-state index contributed by atoms with van der Waals surface area (Å²) >= 11 is 0. The molecule has 2 aliphatic heterocycles. The molecule has 0 spiro atoms. The lowest BCUT2D eigenvalue weighted by molar-refractivity contribution is 0.0697. The lowest BCUT2D eigenvalue weighted by Gasteiger charge is -2.37. The molecule has 1 unspecified atom stereocenters. The number of nitrogens with zero attached hydrogens (tertiary/aromatic N) is 3. The molecule has 0 aliphatic carbocycles. The summed E-state index contributed by atoms with van der Waals surface area (Å²) < 4.78 is 16.8. The van der Waals surface area contributed by atoms with Crippen molar-refractivity contribution < 1.29 is 14.3 Å². The molecule has 2 aliphatic rings. The number of anilines is 1. The van der Waals surface area contributed by atoms with Gasteiger partial charge in [0.25, 0.3) is 0 Å². The summed E-state index contributed by atoms with van der Waals surface area (Å²) in [6.45, 7) is 1.73. The summed E-state index contributed by atoms with van der Waals surface area (Å²) in [5, 5.41) is 9.06. The van der Waals surface area contributed by atoms with E-state index in [9.17, 15) is 9.18 Å². The first kappa shape index (κ1) is 17.0. The zero-order valence-electron chi connectivity index (χ0n) is 15.3. The van der Waals surface area contributed by atoms with Gasteiger partial charge in [-0.25, -0.2) is 14.2 Å². The molecule has 1 saturated heterocycles. The van der Waals surface area contributed by atoms with Crippen LogP contribution in [0.3, 0.4) is 0 Å². The molecule has 5 nitrogen and oxygen atoms in total. The van der Waals surface area contributed by atoms with E-state index in [4.69, 9.17) is 5.11 Å². The number of aromatic nitrogens is 2. The Balaban J connectivity index is 1.37. The molecule has 5 rings (SSSR count). The van der Waals surface area contributed by atoms with Crippen LogP contribution in [0.15, 0.2) is 55.0 Å². The lowest BCUT2D eigenvalue weighted by atomic mass is 9.85. The van der Waals surface area contributed by atoms with E-state index in [1.165, 1.54) is 0 Å². The van der Waals surface area contributed by atoms with Crippen LogP contribution in [0.2, 0.25) is 0 Å². The monoisotopic (exact) mass is 377 g/mol. The third-order valence-corrected chi connectivity index (χ3v) is 6.06. The molecule has 0 radical (unpaired) electrons. The highest BCUT2D eigenvalue weighted by atomic mass is 19.1. The van der Waals surface area contributed by atoms with E-state index >= 15 is 0 Å². The normalized spacial score (nSPS) is 18.8. The Labute approximate surface area is 162 Å². The van der Waals surface area contributed by atoms with Gasteiger partial charge in [-0.05, 0) is 49.1 Å². The van der Waals surface area contributed by atoms with Crippen LogP contribution in [-0.2, 0) is 0 Å². The fourth-order valence-electron chi connectivity index (χ4n) is 4.69. The molecule has 1 atom stereocenters. The Kier molecular flexibility index (Phi) is 3.93. The molecular weight excluding hydrogens is 357 g/mol. The van der Waals surface area contributed by atoms with Crippen LogP contribution in [0, 0.1) is 11.7 Å². The molecule has 1 aromatic heterocycles.